The molecule has 142 valence electrons. The Morgan fingerprint density at radius 1 is 1.15 bits per heavy atom. The Morgan fingerprint density at radius 2 is 1.85 bits per heavy atom. The molecule has 1 heterocycles. The third-order valence-electron chi connectivity index (χ3n) is 4.59. The fourth-order valence-corrected chi connectivity index (χ4v) is 6.04. The van der Waals surface area contributed by atoms with Crippen molar-refractivity contribution in [2.24, 2.45) is 0 Å². The standard InChI is InChI=1S/C20H22NO5P/c1-4-26-27(24)19-11-10-15(14(2)22)12-17(19)18(13-20(23)25-3)21(27)16-8-6-5-7-9-16/h5-12,18H,4,13H2,1-3H3. The van der Waals surface area contributed by atoms with Crippen LogP contribution in [-0.2, 0) is 18.6 Å². The molecule has 2 aromatic rings. The summed E-state index contributed by atoms with van der Waals surface area (Å²) in [6, 6.07) is 13.7. The molecule has 7 heteroatoms. The first-order valence-corrected chi connectivity index (χ1v) is 10.3. The van der Waals surface area contributed by atoms with E-state index >= 15 is 0 Å². The third kappa shape index (κ3) is 3.43. The van der Waals surface area contributed by atoms with Gasteiger partial charge in [-0.3, -0.25) is 18.8 Å². The van der Waals surface area contributed by atoms with E-state index < -0.39 is 19.5 Å². The molecule has 0 spiro atoms. The molecule has 0 aliphatic carbocycles. The van der Waals surface area contributed by atoms with Gasteiger partial charge in [0.25, 0.3) is 0 Å². The number of carbonyl (C=O) groups is 2. The minimum Gasteiger partial charge on any atom is -0.469 e. The summed E-state index contributed by atoms with van der Waals surface area (Å²) >= 11 is 0. The van der Waals surface area contributed by atoms with Crippen molar-refractivity contribution in [3.05, 3.63) is 59.7 Å². The van der Waals surface area contributed by atoms with Crippen molar-refractivity contribution >= 4 is 30.3 Å². The van der Waals surface area contributed by atoms with Gasteiger partial charge in [0.15, 0.2) is 5.78 Å². The van der Waals surface area contributed by atoms with Crippen LogP contribution in [0.5, 0.6) is 0 Å². The summed E-state index contributed by atoms with van der Waals surface area (Å²) in [6.07, 6.45) is -0.00316. The number of ether oxygens (including phenoxy) is 1. The van der Waals surface area contributed by atoms with Crippen LogP contribution >= 0.6 is 7.52 Å². The number of anilines is 1. The van der Waals surface area contributed by atoms with Gasteiger partial charge in [-0.05, 0) is 43.7 Å². The van der Waals surface area contributed by atoms with E-state index in [0.29, 0.717) is 22.1 Å². The molecule has 1 aliphatic heterocycles. The summed E-state index contributed by atoms with van der Waals surface area (Å²) in [5.74, 6) is -0.524. The van der Waals surface area contributed by atoms with Gasteiger partial charge in [-0.2, -0.15) is 0 Å². The van der Waals surface area contributed by atoms with Crippen LogP contribution in [0, 0.1) is 0 Å². The van der Waals surface area contributed by atoms with Crippen molar-refractivity contribution in [3.8, 4) is 0 Å². The SMILES string of the molecule is CCOP1(=O)c2ccc(C(C)=O)cc2C(CC(=O)OC)N1c1ccccc1. The topological polar surface area (TPSA) is 72.9 Å². The summed E-state index contributed by atoms with van der Waals surface area (Å²) in [4.78, 5) is 24.0. The average Bonchev–Trinajstić information content (AvgIpc) is 2.90. The largest absolute Gasteiger partial charge is 0.469 e. The molecule has 1 aliphatic rings. The van der Waals surface area contributed by atoms with Crippen molar-refractivity contribution < 1.29 is 23.4 Å². The highest BCUT2D eigenvalue weighted by Gasteiger charge is 2.49. The number of para-hydroxylation sites is 1. The summed E-state index contributed by atoms with van der Waals surface area (Å²) in [6.45, 7) is 3.50. The number of Topliss-reactive ketones (excluding diaryl/α,β-unsaturated/α-hetero) is 1. The van der Waals surface area contributed by atoms with E-state index in [1.54, 1.807) is 29.8 Å². The maximum absolute atomic E-state index is 14.0. The average molecular weight is 387 g/mol. The Hall–Kier alpha value is -2.43. The number of rotatable bonds is 6. The minimum absolute atomic E-state index is 0.00316. The van der Waals surface area contributed by atoms with Crippen LogP contribution in [0.4, 0.5) is 5.69 Å². The maximum Gasteiger partial charge on any atom is 0.327 e. The van der Waals surface area contributed by atoms with E-state index in [-0.39, 0.29) is 18.8 Å². The molecule has 6 nitrogen and oxygen atoms in total. The zero-order valence-electron chi connectivity index (χ0n) is 15.5. The summed E-state index contributed by atoms with van der Waals surface area (Å²) in [7, 11) is -2.13. The molecule has 0 saturated heterocycles. The lowest BCUT2D eigenvalue weighted by Crippen LogP contribution is -2.24. The zero-order valence-corrected chi connectivity index (χ0v) is 16.4. The number of hydrogen-bond acceptors (Lipinski definition) is 5. The Balaban J connectivity index is 2.23. The number of hydrogen-bond donors (Lipinski definition) is 0. The van der Waals surface area contributed by atoms with E-state index in [9.17, 15) is 14.2 Å². The Labute approximate surface area is 158 Å². The smallest absolute Gasteiger partial charge is 0.327 e. The first-order valence-electron chi connectivity index (χ1n) is 8.74. The molecule has 0 N–H and O–H groups in total. The van der Waals surface area contributed by atoms with Crippen LogP contribution in [0.15, 0.2) is 48.5 Å². The summed E-state index contributed by atoms with van der Waals surface area (Å²) < 4.78 is 26.3. The van der Waals surface area contributed by atoms with Crippen molar-refractivity contribution in [1.29, 1.82) is 0 Å². The highest BCUT2D eigenvalue weighted by Crippen LogP contribution is 2.62. The van der Waals surface area contributed by atoms with Gasteiger partial charge in [0, 0.05) is 11.3 Å². The number of ketones is 1. The molecule has 2 unspecified atom stereocenters. The lowest BCUT2D eigenvalue weighted by atomic mass is 9.99. The van der Waals surface area contributed by atoms with E-state index in [1.807, 2.05) is 30.3 Å². The van der Waals surface area contributed by atoms with E-state index in [2.05, 4.69) is 0 Å². The number of carbonyl (C=O) groups excluding carboxylic acids is 2. The Bertz CT molecular complexity index is 912. The number of esters is 1. The molecule has 3 rings (SSSR count). The van der Waals surface area contributed by atoms with E-state index in [0.717, 1.165) is 0 Å². The summed E-state index contributed by atoms with van der Waals surface area (Å²) in [5, 5.41) is 0.520. The van der Waals surface area contributed by atoms with Gasteiger partial charge in [0.1, 0.15) is 0 Å². The second kappa shape index (κ2) is 7.67. The van der Waals surface area contributed by atoms with Gasteiger partial charge in [-0.25, -0.2) is 0 Å². The predicted molar refractivity (Wildman–Crippen MR) is 104 cm³/mol. The molecule has 27 heavy (non-hydrogen) atoms. The molecule has 0 fully saturated rings. The molecule has 0 bridgehead atoms. The first kappa shape index (κ1) is 19.3. The quantitative estimate of drug-likeness (QED) is 0.426. The molecular formula is C20H22NO5P. The maximum atomic E-state index is 14.0. The second-order valence-electron chi connectivity index (χ2n) is 6.24. The number of nitrogens with zero attached hydrogens (tertiary/aromatic N) is 1. The Morgan fingerprint density at radius 3 is 2.44 bits per heavy atom. The highest BCUT2D eigenvalue weighted by molar-refractivity contribution is 7.69. The zero-order chi connectivity index (χ0) is 19.6. The van der Waals surface area contributed by atoms with Gasteiger partial charge in [-0.1, -0.05) is 24.3 Å². The monoisotopic (exact) mass is 387 g/mol. The van der Waals surface area contributed by atoms with Crippen molar-refractivity contribution in [3.63, 3.8) is 0 Å². The normalized spacial score (nSPS) is 21.0. The second-order valence-corrected chi connectivity index (χ2v) is 8.46. The molecule has 0 saturated carbocycles. The predicted octanol–water partition coefficient (Wildman–Crippen LogP) is 3.87. The van der Waals surface area contributed by atoms with Crippen LogP contribution in [0.2, 0.25) is 0 Å². The van der Waals surface area contributed by atoms with Crippen LogP contribution in [-0.4, -0.2) is 25.5 Å². The van der Waals surface area contributed by atoms with E-state index in [1.165, 1.54) is 14.0 Å². The van der Waals surface area contributed by atoms with Gasteiger partial charge >= 0.3 is 13.5 Å². The van der Waals surface area contributed by atoms with Crippen LogP contribution in [0.25, 0.3) is 0 Å². The van der Waals surface area contributed by atoms with Crippen LogP contribution in [0.3, 0.4) is 0 Å². The van der Waals surface area contributed by atoms with Gasteiger partial charge < -0.3 is 9.26 Å². The van der Waals surface area contributed by atoms with Gasteiger partial charge in [0.05, 0.1) is 31.5 Å². The van der Waals surface area contributed by atoms with Gasteiger partial charge in [0.2, 0.25) is 0 Å². The summed E-state index contributed by atoms with van der Waals surface area (Å²) in [5.41, 5.74) is 1.85. The van der Waals surface area contributed by atoms with E-state index in [4.69, 9.17) is 9.26 Å². The van der Waals surface area contributed by atoms with Crippen LogP contribution < -0.4 is 9.97 Å². The minimum atomic E-state index is -3.45. The lowest BCUT2D eigenvalue weighted by molar-refractivity contribution is -0.141. The number of methoxy groups -OCH3 is 1. The molecule has 2 atom stereocenters. The fourth-order valence-electron chi connectivity index (χ4n) is 3.39. The number of benzene rings is 2. The first-order chi connectivity index (χ1) is 12.9. The highest BCUT2D eigenvalue weighted by atomic mass is 31.2. The van der Waals surface area contributed by atoms with Crippen molar-refractivity contribution in [2.45, 2.75) is 26.3 Å². The lowest BCUT2D eigenvalue weighted by Gasteiger charge is -2.31. The third-order valence-corrected chi connectivity index (χ3v) is 7.29. The molecule has 0 radical (unpaired) electrons. The van der Waals surface area contributed by atoms with Gasteiger partial charge in [-0.15, -0.1) is 0 Å². The number of fused-ring (bicyclic) bond motifs is 1. The molecule has 0 amide bonds. The van der Waals surface area contributed by atoms with Crippen molar-refractivity contribution in [2.75, 3.05) is 18.4 Å². The molecule has 0 aromatic heterocycles. The Kier molecular flexibility index (Phi) is 5.49. The molecule has 2 aromatic carbocycles. The fraction of sp³-hybridized carbons (Fsp3) is 0.300. The van der Waals surface area contributed by atoms with Crippen molar-refractivity contribution in [1.82, 2.24) is 0 Å². The molecular weight excluding hydrogens is 365 g/mol. The van der Waals surface area contributed by atoms with Crippen LogP contribution in [0.1, 0.15) is 42.2 Å².